The monoisotopic (exact) mass is 357 g/mol. The SMILES string of the molecule is CCC(C)Oc1ccc(N2C=CC=CC(C(=O)OC)=C2C(=O)OC)cc1. The summed E-state index contributed by atoms with van der Waals surface area (Å²) in [4.78, 5) is 26.1. The molecule has 1 atom stereocenters. The third kappa shape index (κ3) is 4.33. The van der Waals surface area contributed by atoms with Crippen LogP contribution in [0, 0.1) is 0 Å². The van der Waals surface area contributed by atoms with Gasteiger partial charge in [-0.25, -0.2) is 9.59 Å². The van der Waals surface area contributed by atoms with Crippen molar-refractivity contribution in [2.75, 3.05) is 19.1 Å². The lowest BCUT2D eigenvalue weighted by molar-refractivity contribution is -0.139. The molecule has 6 heteroatoms. The molecule has 1 aromatic carbocycles. The number of allylic oxidation sites excluding steroid dienone is 2. The summed E-state index contributed by atoms with van der Waals surface area (Å²) in [5, 5.41) is 0. The lowest BCUT2D eigenvalue weighted by Crippen LogP contribution is -2.26. The molecule has 0 fully saturated rings. The smallest absolute Gasteiger partial charge is 0.355 e. The first-order valence-corrected chi connectivity index (χ1v) is 8.33. The van der Waals surface area contributed by atoms with Gasteiger partial charge in [-0.3, -0.25) is 0 Å². The lowest BCUT2D eigenvalue weighted by Gasteiger charge is -2.23. The van der Waals surface area contributed by atoms with Crippen molar-refractivity contribution >= 4 is 17.6 Å². The van der Waals surface area contributed by atoms with Crippen molar-refractivity contribution in [1.29, 1.82) is 0 Å². The van der Waals surface area contributed by atoms with Crippen molar-refractivity contribution in [3.05, 3.63) is 60.0 Å². The maximum Gasteiger partial charge on any atom is 0.355 e. The molecule has 1 aliphatic rings. The molecular weight excluding hydrogens is 334 g/mol. The molecule has 0 N–H and O–H groups in total. The Morgan fingerprint density at radius 1 is 1.04 bits per heavy atom. The molecule has 1 aromatic rings. The number of carbonyl (C=O) groups is 2. The van der Waals surface area contributed by atoms with Crippen LogP contribution in [0.5, 0.6) is 5.75 Å². The third-order valence-corrected chi connectivity index (χ3v) is 3.92. The van der Waals surface area contributed by atoms with Gasteiger partial charge in [0.1, 0.15) is 11.4 Å². The minimum Gasteiger partial charge on any atom is -0.491 e. The maximum atomic E-state index is 12.4. The summed E-state index contributed by atoms with van der Waals surface area (Å²) in [6.45, 7) is 4.05. The highest BCUT2D eigenvalue weighted by atomic mass is 16.5. The van der Waals surface area contributed by atoms with E-state index in [4.69, 9.17) is 14.2 Å². The second kappa shape index (κ2) is 8.89. The molecule has 0 spiro atoms. The Balaban J connectivity index is 2.44. The van der Waals surface area contributed by atoms with Crippen molar-refractivity contribution in [1.82, 2.24) is 0 Å². The largest absolute Gasteiger partial charge is 0.491 e. The summed E-state index contributed by atoms with van der Waals surface area (Å²) in [7, 11) is 2.53. The molecule has 1 aliphatic heterocycles. The number of benzene rings is 1. The van der Waals surface area contributed by atoms with E-state index >= 15 is 0 Å². The second-order valence-electron chi connectivity index (χ2n) is 5.65. The predicted molar refractivity (Wildman–Crippen MR) is 98.6 cm³/mol. The molecule has 0 saturated heterocycles. The number of carbonyl (C=O) groups excluding carboxylic acids is 2. The van der Waals surface area contributed by atoms with Crippen LogP contribution in [0.25, 0.3) is 0 Å². The van der Waals surface area contributed by atoms with E-state index in [1.54, 1.807) is 23.3 Å². The van der Waals surface area contributed by atoms with Crippen molar-refractivity contribution in [2.45, 2.75) is 26.4 Å². The molecule has 26 heavy (non-hydrogen) atoms. The van der Waals surface area contributed by atoms with E-state index in [-0.39, 0.29) is 17.4 Å². The zero-order valence-electron chi connectivity index (χ0n) is 15.4. The third-order valence-electron chi connectivity index (χ3n) is 3.92. The summed E-state index contributed by atoms with van der Waals surface area (Å²) < 4.78 is 15.4. The Bertz CT molecular complexity index is 746. The first-order chi connectivity index (χ1) is 12.5. The standard InChI is InChI=1S/C20H23NO5/c1-5-14(2)26-16-11-9-15(10-12-16)21-13-7-6-8-17(19(22)24-3)18(21)20(23)25-4/h6-14H,5H2,1-4H3. The van der Waals surface area contributed by atoms with E-state index in [0.717, 1.165) is 12.2 Å². The number of hydrogen-bond donors (Lipinski definition) is 0. The van der Waals surface area contributed by atoms with E-state index in [9.17, 15) is 9.59 Å². The molecule has 6 nitrogen and oxygen atoms in total. The number of methoxy groups -OCH3 is 2. The number of ether oxygens (including phenoxy) is 3. The van der Waals surface area contributed by atoms with Crippen LogP contribution in [-0.4, -0.2) is 32.3 Å². The van der Waals surface area contributed by atoms with Crippen LogP contribution in [-0.2, 0) is 19.1 Å². The number of nitrogens with zero attached hydrogens (tertiary/aromatic N) is 1. The highest BCUT2D eigenvalue weighted by Gasteiger charge is 2.27. The van der Waals surface area contributed by atoms with Crippen LogP contribution in [0.2, 0.25) is 0 Å². The van der Waals surface area contributed by atoms with Gasteiger partial charge in [0.15, 0.2) is 0 Å². The highest BCUT2D eigenvalue weighted by molar-refractivity contribution is 6.05. The van der Waals surface area contributed by atoms with Crippen LogP contribution < -0.4 is 9.64 Å². The molecular formula is C20H23NO5. The molecule has 0 saturated carbocycles. The minimum absolute atomic E-state index is 0.0833. The second-order valence-corrected chi connectivity index (χ2v) is 5.65. The van der Waals surface area contributed by atoms with Crippen LogP contribution in [0.1, 0.15) is 20.3 Å². The molecule has 1 unspecified atom stereocenters. The predicted octanol–water partition coefficient (Wildman–Crippen LogP) is 3.35. The van der Waals surface area contributed by atoms with Gasteiger partial charge in [0.25, 0.3) is 0 Å². The zero-order valence-corrected chi connectivity index (χ0v) is 15.4. The molecule has 2 rings (SSSR count). The van der Waals surface area contributed by atoms with E-state index in [1.165, 1.54) is 20.3 Å². The van der Waals surface area contributed by atoms with Gasteiger partial charge in [-0.1, -0.05) is 13.0 Å². The summed E-state index contributed by atoms with van der Waals surface area (Å²) in [6.07, 6.45) is 7.61. The van der Waals surface area contributed by atoms with Crippen LogP contribution in [0.15, 0.2) is 60.0 Å². The van der Waals surface area contributed by atoms with Gasteiger partial charge in [0.2, 0.25) is 0 Å². The fourth-order valence-electron chi connectivity index (χ4n) is 2.37. The van der Waals surface area contributed by atoms with Gasteiger partial charge < -0.3 is 19.1 Å². The Kier molecular flexibility index (Phi) is 6.60. The number of hydrogen-bond acceptors (Lipinski definition) is 6. The van der Waals surface area contributed by atoms with E-state index < -0.39 is 11.9 Å². The van der Waals surface area contributed by atoms with Gasteiger partial charge >= 0.3 is 11.9 Å². The average molecular weight is 357 g/mol. The van der Waals surface area contributed by atoms with Gasteiger partial charge in [-0.15, -0.1) is 0 Å². The minimum atomic E-state index is -0.637. The quantitative estimate of drug-likeness (QED) is 0.728. The number of rotatable bonds is 6. The fourth-order valence-corrected chi connectivity index (χ4v) is 2.37. The lowest BCUT2D eigenvalue weighted by atomic mass is 10.1. The van der Waals surface area contributed by atoms with E-state index in [1.807, 2.05) is 31.2 Å². The Morgan fingerprint density at radius 3 is 2.27 bits per heavy atom. The van der Waals surface area contributed by atoms with Gasteiger partial charge in [-0.05, 0) is 49.8 Å². The van der Waals surface area contributed by atoms with Crippen molar-refractivity contribution in [3.8, 4) is 5.75 Å². The molecule has 0 amide bonds. The number of anilines is 1. The van der Waals surface area contributed by atoms with Gasteiger partial charge in [-0.2, -0.15) is 0 Å². The molecule has 0 bridgehead atoms. The summed E-state index contributed by atoms with van der Waals surface area (Å²) in [5.74, 6) is -0.523. The van der Waals surface area contributed by atoms with E-state index in [0.29, 0.717) is 5.69 Å². The highest BCUT2D eigenvalue weighted by Crippen LogP contribution is 2.28. The Hall–Kier alpha value is -3.02. The topological polar surface area (TPSA) is 65.1 Å². The molecule has 1 heterocycles. The first-order valence-electron chi connectivity index (χ1n) is 8.33. The zero-order chi connectivity index (χ0) is 19.1. The fraction of sp³-hybridized carbons (Fsp3) is 0.300. The Morgan fingerprint density at radius 2 is 1.69 bits per heavy atom. The number of esters is 2. The summed E-state index contributed by atoms with van der Waals surface area (Å²) in [6, 6.07) is 7.26. The van der Waals surface area contributed by atoms with Crippen molar-refractivity contribution < 1.29 is 23.8 Å². The van der Waals surface area contributed by atoms with Crippen LogP contribution in [0.3, 0.4) is 0 Å². The average Bonchev–Trinajstić information content (AvgIpc) is 2.90. The van der Waals surface area contributed by atoms with Crippen LogP contribution in [0.4, 0.5) is 5.69 Å². The van der Waals surface area contributed by atoms with Crippen molar-refractivity contribution in [2.24, 2.45) is 0 Å². The van der Waals surface area contributed by atoms with Gasteiger partial charge in [0.05, 0.1) is 25.9 Å². The molecule has 0 aliphatic carbocycles. The Labute approximate surface area is 153 Å². The van der Waals surface area contributed by atoms with Gasteiger partial charge in [0, 0.05) is 11.9 Å². The summed E-state index contributed by atoms with van der Waals surface area (Å²) in [5.41, 5.74) is 0.882. The maximum absolute atomic E-state index is 12.4. The molecule has 0 aromatic heterocycles. The normalized spacial score (nSPS) is 14.7. The molecule has 0 radical (unpaired) electrons. The first kappa shape index (κ1) is 19.3. The van der Waals surface area contributed by atoms with Crippen LogP contribution >= 0.6 is 0 Å². The van der Waals surface area contributed by atoms with E-state index in [2.05, 4.69) is 6.92 Å². The van der Waals surface area contributed by atoms with Crippen molar-refractivity contribution in [3.63, 3.8) is 0 Å². The summed E-state index contributed by atoms with van der Waals surface area (Å²) >= 11 is 0. The molecule has 138 valence electrons.